The minimum absolute atomic E-state index is 0.291. The van der Waals surface area contributed by atoms with Crippen molar-refractivity contribution in [1.29, 1.82) is 0 Å². The van der Waals surface area contributed by atoms with E-state index in [2.05, 4.69) is 30.9 Å². The summed E-state index contributed by atoms with van der Waals surface area (Å²) in [6.45, 7) is 0. The number of hydrogen-bond acceptors (Lipinski definition) is 6. The van der Waals surface area contributed by atoms with Crippen LogP contribution >= 0.6 is 0 Å². The summed E-state index contributed by atoms with van der Waals surface area (Å²) in [6, 6.07) is 38.6. The summed E-state index contributed by atoms with van der Waals surface area (Å²) in [6.07, 6.45) is 0. The molecule has 0 aliphatic heterocycles. The van der Waals surface area contributed by atoms with Gasteiger partial charge in [0, 0.05) is 10.4 Å². The molecule has 2 heterocycles. The Hall–Kier alpha value is -5.38. The van der Waals surface area contributed by atoms with Gasteiger partial charge in [-0.3, -0.25) is 0 Å². The molecule has 0 radical (unpaired) electrons. The van der Waals surface area contributed by atoms with Crippen LogP contribution in [0, 0.1) is 0 Å². The topological polar surface area (TPSA) is 93.9 Å². The summed E-state index contributed by atoms with van der Waals surface area (Å²) >= 11 is 0. The average Bonchev–Trinajstić information content (AvgIpc) is 3.59. The fourth-order valence-electron chi connectivity index (χ4n) is 3.57. The number of nitrogens with zero attached hydrogens (tertiary/aromatic N) is 10. The van der Waals surface area contributed by atoms with Crippen LogP contribution < -0.4 is 9.36 Å². The third-order valence-corrected chi connectivity index (χ3v) is 5.30. The molecule has 172 valence electrons. The van der Waals surface area contributed by atoms with Gasteiger partial charge in [0.2, 0.25) is 0 Å². The van der Waals surface area contributed by atoms with Crippen LogP contribution in [0.1, 0.15) is 0 Å². The first-order valence-electron chi connectivity index (χ1n) is 11.3. The number of hydrogen-bond donors (Lipinski definition) is 0. The smallest absolute Gasteiger partial charge is 0.0918 e. The van der Waals surface area contributed by atoms with Crippen molar-refractivity contribution in [2.24, 2.45) is 10.2 Å². The van der Waals surface area contributed by atoms with Crippen molar-refractivity contribution in [2.75, 3.05) is 0 Å². The molecule has 0 atom stereocenters. The lowest BCUT2D eigenvalue weighted by molar-refractivity contribution is -0.651. The Kier molecular flexibility index (Phi) is 5.57. The van der Waals surface area contributed by atoms with E-state index in [0.29, 0.717) is 11.9 Å². The molecule has 0 aliphatic carbocycles. The minimum atomic E-state index is 0.291. The van der Waals surface area contributed by atoms with E-state index in [-0.39, 0.29) is 0 Å². The SMILES string of the molecule is c1ccc(-n2n[n+](-c3ccccc3)c(/N=N/c3nn(-c4ccccc4)[15n][n+]3-c3ccccc3)[15n]2)cc1. The second-order valence-electron chi connectivity index (χ2n) is 7.72. The summed E-state index contributed by atoms with van der Waals surface area (Å²) in [4.78, 5) is 3.04. The van der Waals surface area contributed by atoms with E-state index >= 15 is 0 Å². The number of benzene rings is 4. The van der Waals surface area contributed by atoms with Gasteiger partial charge >= 0.3 is 11.9 Å². The molecule has 10 nitrogen and oxygen atoms in total. The first kappa shape index (κ1) is 21.2. The van der Waals surface area contributed by atoms with Crippen molar-refractivity contribution >= 4 is 11.9 Å². The Balaban J connectivity index is 1.45. The Bertz CT molecular complexity index is 1490. The third-order valence-electron chi connectivity index (χ3n) is 5.30. The van der Waals surface area contributed by atoms with Gasteiger partial charge < -0.3 is 0 Å². The van der Waals surface area contributed by atoms with Gasteiger partial charge in [0.1, 0.15) is 22.7 Å². The number of aromatic nitrogens is 8. The van der Waals surface area contributed by atoms with E-state index in [4.69, 9.17) is 0 Å². The van der Waals surface area contributed by atoms with Crippen molar-refractivity contribution in [3.05, 3.63) is 121 Å². The van der Waals surface area contributed by atoms with E-state index in [1.807, 2.05) is 121 Å². The Morgan fingerprint density at radius 1 is 0.444 bits per heavy atom. The van der Waals surface area contributed by atoms with E-state index in [1.165, 1.54) is 9.59 Å². The lowest BCUT2D eigenvalue weighted by atomic mass is 10.3. The van der Waals surface area contributed by atoms with E-state index < -0.39 is 0 Å². The molecule has 6 rings (SSSR count). The maximum Gasteiger partial charge on any atom is 0.472 e. The molecule has 0 fully saturated rings. The van der Waals surface area contributed by atoms with Gasteiger partial charge in [-0.1, -0.05) is 82.2 Å². The van der Waals surface area contributed by atoms with Crippen molar-refractivity contribution in [3.8, 4) is 22.7 Å². The third kappa shape index (κ3) is 4.26. The second kappa shape index (κ2) is 9.47. The highest BCUT2D eigenvalue weighted by Gasteiger charge is 2.26. The van der Waals surface area contributed by atoms with Crippen LogP contribution in [0.2, 0.25) is 0 Å². The Morgan fingerprint density at radius 2 is 0.778 bits per heavy atom. The number of para-hydroxylation sites is 4. The molecular formula is C26H20N10+2. The molecule has 0 bridgehead atoms. The standard InChI is InChI=1S/C26H20N10/c1-5-13-21(14-6-1)33-25(29-35(31-33)23-17-9-3-10-18-23)27-28-26-30-36(24-19-11-4-12-20-24)32-34(26)22-15-7-2-8-16-22/h1-20H/q+2/b28-27+/i29+1,32+1. The molecule has 0 N–H and O–H groups in total. The number of azo groups is 1. The number of rotatable bonds is 6. The van der Waals surface area contributed by atoms with Gasteiger partial charge in [-0.25, -0.2) is 0 Å². The van der Waals surface area contributed by atoms with E-state index in [0.717, 1.165) is 22.7 Å². The van der Waals surface area contributed by atoms with Gasteiger partial charge in [-0.2, -0.15) is 0 Å². The Labute approximate surface area is 206 Å². The zero-order valence-electron chi connectivity index (χ0n) is 19.0. The highest BCUT2D eigenvalue weighted by atomic mass is 16.0. The van der Waals surface area contributed by atoms with Crippen LogP contribution in [0.3, 0.4) is 0 Å². The highest BCUT2D eigenvalue weighted by molar-refractivity contribution is 5.31. The van der Waals surface area contributed by atoms with Gasteiger partial charge in [-0.05, 0) is 58.1 Å². The van der Waals surface area contributed by atoms with Gasteiger partial charge in [0.05, 0.1) is 20.4 Å². The quantitative estimate of drug-likeness (QED) is 0.271. The maximum atomic E-state index is 4.62. The van der Waals surface area contributed by atoms with Crippen LogP contribution in [0.25, 0.3) is 22.7 Å². The lowest BCUT2D eigenvalue weighted by Gasteiger charge is -1.94. The molecule has 0 saturated heterocycles. The first-order chi connectivity index (χ1) is 17.8. The monoisotopic (exact) mass is 474 g/mol. The fourth-order valence-corrected chi connectivity index (χ4v) is 3.57. The summed E-state index contributed by atoms with van der Waals surface area (Å²) < 4.78 is 3.26. The molecule has 36 heavy (non-hydrogen) atoms. The molecule has 10 heteroatoms. The summed E-state index contributed by atoms with van der Waals surface area (Å²) in [7, 11) is 0. The largest absolute Gasteiger partial charge is 0.472 e. The molecule has 4 aromatic carbocycles. The second-order valence-corrected chi connectivity index (χ2v) is 7.72. The molecule has 0 spiro atoms. The molecule has 0 aliphatic rings. The summed E-state index contributed by atoms with van der Waals surface area (Å²) in [5.41, 5.74) is 3.21. The summed E-state index contributed by atoms with van der Waals surface area (Å²) in [5, 5.41) is 27.3. The maximum absolute atomic E-state index is 4.62. The van der Waals surface area contributed by atoms with Crippen LogP contribution in [0.4, 0.5) is 11.9 Å². The fraction of sp³-hybridized carbons (Fsp3) is 0. The van der Waals surface area contributed by atoms with Crippen LogP contribution in [0.15, 0.2) is 132 Å². The molecular weight excluding hydrogens is 454 g/mol. The molecule has 0 saturated carbocycles. The molecule has 0 amide bonds. The number of tetrazole rings is 2. The average molecular weight is 475 g/mol. The predicted molar refractivity (Wildman–Crippen MR) is 130 cm³/mol. The van der Waals surface area contributed by atoms with E-state index in [1.54, 1.807) is 9.36 Å². The van der Waals surface area contributed by atoms with Crippen molar-refractivity contribution in [3.63, 3.8) is 0 Å². The zero-order chi connectivity index (χ0) is 24.2. The van der Waals surface area contributed by atoms with Gasteiger partial charge in [-0.15, -0.1) is 0 Å². The first-order valence-corrected chi connectivity index (χ1v) is 11.3. The van der Waals surface area contributed by atoms with Crippen molar-refractivity contribution < 1.29 is 9.36 Å². The van der Waals surface area contributed by atoms with Crippen LogP contribution in [-0.2, 0) is 0 Å². The molecule has 6 aromatic rings. The molecule has 2 aromatic heterocycles. The highest BCUT2D eigenvalue weighted by Crippen LogP contribution is 2.14. The normalized spacial score (nSPS) is 11.2. The lowest BCUT2D eigenvalue weighted by Crippen LogP contribution is -2.34. The van der Waals surface area contributed by atoms with E-state index in [9.17, 15) is 0 Å². The summed E-state index contributed by atoms with van der Waals surface area (Å²) in [5.74, 6) is 0.581. The van der Waals surface area contributed by atoms with Crippen molar-refractivity contribution in [1.82, 2.24) is 30.2 Å². The molecule has 0 unspecified atom stereocenters. The van der Waals surface area contributed by atoms with Crippen LogP contribution in [0.5, 0.6) is 0 Å². The van der Waals surface area contributed by atoms with Crippen molar-refractivity contribution in [2.45, 2.75) is 0 Å². The van der Waals surface area contributed by atoms with Crippen LogP contribution in [-0.4, -0.2) is 30.2 Å². The van der Waals surface area contributed by atoms with Gasteiger partial charge in [0.25, 0.3) is 0 Å². The van der Waals surface area contributed by atoms with Gasteiger partial charge in [0.15, 0.2) is 0 Å². The Morgan fingerprint density at radius 3 is 1.14 bits per heavy atom. The zero-order valence-corrected chi connectivity index (χ0v) is 19.0. The minimum Gasteiger partial charge on any atom is -0.0918 e. The predicted octanol–water partition coefficient (Wildman–Crippen LogP) is 3.82.